The molecule has 29 heavy (non-hydrogen) atoms. The van der Waals surface area contributed by atoms with Crippen molar-refractivity contribution < 1.29 is 37.1 Å². The van der Waals surface area contributed by atoms with Crippen molar-refractivity contribution in [1.82, 2.24) is 15.0 Å². The lowest BCUT2D eigenvalue weighted by atomic mass is 10.1. The van der Waals surface area contributed by atoms with Crippen LogP contribution < -0.4 is 4.90 Å². The summed E-state index contributed by atoms with van der Waals surface area (Å²) in [5.41, 5.74) is 0.753. The number of ether oxygens (including phenoxy) is 1. The first kappa shape index (κ1) is 20.6. The number of aromatic nitrogens is 2. The maximum atomic E-state index is 12.6. The summed E-state index contributed by atoms with van der Waals surface area (Å²) in [5, 5.41) is 12.5. The van der Waals surface area contributed by atoms with Gasteiger partial charge in [-0.05, 0) is 24.3 Å². The minimum absolute atomic E-state index is 0.0651. The maximum Gasteiger partial charge on any atom is 0.471 e. The first-order chi connectivity index (χ1) is 13.7. The lowest BCUT2D eigenvalue weighted by Crippen LogP contribution is -2.50. The minimum Gasteiger partial charge on any atom is -0.465 e. The number of carbonyl (C=O) groups excluding carboxylic acids is 1. The van der Waals surface area contributed by atoms with E-state index in [0.29, 0.717) is 5.69 Å². The number of carbonyl (C=O) groups is 2. The van der Waals surface area contributed by atoms with Crippen molar-refractivity contribution in [1.29, 1.82) is 0 Å². The highest BCUT2D eigenvalue weighted by molar-refractivity contribution is 5.93. The van der Waals surface area contributed by atoms with Crippen LogP contribution in [0.25, 0.3) is 11.4 Å². The molecule has 3 rings (SSSR count). The van der Waals surface area contributed by atoms with Crippen molar-refractivity contribution in [2.75, 3.05) is 31.7 Å². The van der Waals surface area contributed by atoms with Crippen LogP contribution >= 0.6 is 0 Å². The standard InChI is InChI=1S/C17H17F3N4O5/c1-23(13(25)8-12-9-28-7-6-24(12)16(26)27)11-4-2-10(3-5-11)14-21-15(29-22-14)17(18,19)20/h2-5,12H,6-9H2,1H3,(H,26,27)/t12-/m0/s1. The number of hydrogen-bond acceptors (Lipinski definition) is 6. The molecule has 2 amide bonds. The number of rotatable bonds is 4. The van der Waals surface area contributed by atoms with E-state index in [4.69, 9.17) is 4.74 Å². The van der Waals surface area contributed by atoms with E-state index in [1.54, 1.807) is 0 Å². The summed E-state index contributed by atoms with van der Waals surface area (Å²) in [6.45, 7) is 0.598. The van der Waals surface area contributed by atoms with E-state index in [1.165, 1.54) is 41.1 Å². The third kappa shape index (κ3) is 4.65. The van der Waals surface area contributed by atoms with E-state index in [0.717, 1.165) is 0 Å². The van der Waals surface area contributed by atoms with E-state index in [-0.39, 0.29) is 43.5 Å². The first-order valence-electron chi connectivity index (χ1n) is 8.52. The number of nitrogens with zero attached hydrogens (tertiary/aromatic N) is 4. The summed E-state index contributed by atoms with van der Waals surface area (Å²) in [7, 11) is 1.52. The number of morpholine rings is 1. The van der Waals surface area contributed by atoms with E-state index in [2.05, 4.69) is 14.7 Å². The van der Waals surface area contributed by atoms with Crippen molar-refractivity contribution in [3.8, 4) is 11.4 Å². The Bertz CT molecular complexity index is 884. The van der Waals surface area contributed by atoms with Gasteiger partial charge >= 0.3 is 18.2 Å². The fraction of sp³-hybridized carbons (Fsp3) is 0.412. The van der Waals surface area contributed by atoms with Gasteiger partial charge in [0.1, 0.15) is 0 Å². The Morgan fingerprint density at radius 2 is 2.00 bits per heavy atom. The topological polar surface area (TPSA) is 109 Å². The molecule has 9 nitrogen and oxygen atoms in total. The summed E-state index contributed by atoms with van der Waals surface area (Å²) in [6, 6.07) is 5.36. The summed E-state index contributed by atoms with van der Waals surface area (Å²) in [6.07, 6.45) is -5.91. The molecule has 0 spiro atoms. The molecule has 1 aliphatic rings. The Kier molecular flexibility index (Phi) is 5.73. The van der Waals surface area contributed by atoms with Crippen LogP contribution in [0.15, 0.2) is 28.8 Å². The number of amides is 2. The third-order valence-corrected chi connectivity index (χ3v) is 4.44. The van der Waals surface area contributed by atoms with Crippen LogP contribution in [0, 0.1) is 0 Å². The lowest BCUT2D eigenvalue weighted by molar-refractivity contribution is -0.159. The smallest absolute Gasteiger partial charge is 0.465 e. The normalized spacial score (nSPS) is 17.2. The second-order valence-corrected chi connectivity index (χ2v) is 6.33. The number of alkyl halides is 3. The zero-order valence-electron chi connectivity index (χ0n) is 15.2. The molecular formula is C17H17F3N4O5. The Hall–Kier alpha value is -3.15. The summed E-state index contributed by atoms with van der Waals surface area (Å²) in [5.74, 6) is -2.01. The van der Waals surface area contributed by atoms with Gasteiger partial charge in [0, 0.05) is 31.3 Å². The molecule has 2 heterocycles. The number of halogens is 3. The Morgan fingerprint density at radius 1 is 1.31 bits per heavy atom. The highest BCUT2D eigenvalue weighted by Crippen LogP contribution is 2.30. The number of hydrogen-bond donors (Lipinski definition) is 1. The SMILES string of the molecule is CN(C(=O)C[C@H]1COCCN1C(=O)O)c1ccc(-c2noc(C(F)(F)F)n2)cc1. The van der Waals surface area contributed by atoms with Crippen LogP contribution in [-0.4, -0.2) is 65.0 Å². The number of carboxylic acid groups (broad SMARTS) is 1. The van der Waals surface area contributed by atoms with Gasteiger partial charge in [0.05, 0.1) is 19.3 Å². The van der Waals surface area contributed by atoms with Crippen molar-refractivity contribution in [2.45, 2.75) is 18.6 Å². The molecule has 156 valence electrons. The van der Waals surface area contributed by atoms with Gasteiger partial charge in [-0.2, -0.15) is 18.2 Å². The van der Waals surface area contributed by atoms with Gasteiger partial charge in [0.25, 0.3) is 0 Å². The van der Waals surface area contributed by atoms with Crippen molar-refractivity contribution in [2.24, 2.45) is 0 Å². The highest BCUT2D eigenvalue weighted by Gasteiger charge is 2.38. The molecule has 1 fully saturated rings. The molecule has 1 aromatic carbocycles. The van der Waals surface area contributed by atoms with Crippen LogP contribution in [0.4, 0.5) is 23.7 Å². The van der Waals surface area contributed by atoms with Crippen LogP contribution in [0.3, 0.4) is 0 Å². The quantitative estimate of drug-likeness (QED) is 0.819. The van der Waals surface area contributed by atoms with Crippen LogP contribution in [0.2, 0.25) is 0 Å². The molecule has 0 radical (unpaired) electrons. The molecule has 0 aliphatic carbocycles. The van der Waals surface area contributed by atoms with Crippen LogP contribution in [0.1, 0.15) is 12.3 Å². The van der Waals surface area contributed by atoms with E-state index >= 15 is 0 Å². The molecule has 2 aromatic rings. The average Bonchev–Trinajstić information content (AvgIpc) is 3.18. The van der Waals surface area contributed by atoms with Gasteiger partial charge < -0.3 is 24.2 Å². The van der Waals surface area contributed by atoms with Gasteiger partial charge in [-0.1, -0.05) is 5.16 Å². The van der Waals surface area contributed by atoms with E-state index in [1.807, 2.05) is 0 Å². The highest BCUT2D eigenvalue weighted by atomic mass is 19.4. The van der Waals surface area contributed by atoms with Crippen LogP contribution in [0.5, 0.6) is 0 Å². The molecule has 0 saturated carbocycles. The molecule has 1 aliphatic heterocycles. The molecule has 0 bridgehead atoms. The van der Waals surface area contributed by atoms with Gasteiger partial charge in [-0.15, -0.1) is 0 Å². The summed E-state index contributed by atoms with van der Waals surface area (Å²) < 4.78 is 47.1. The van der Waals surface area contributed by atoms with Crippen molar-refractivity contribution in [3.05, 3.63) is 30.2 Å². The average molecular weight is 414 g/mol. The molecule has 0 unspecified atom stereocenters. The zero-order valence-corrected chi connectivity index (χ0v) is 15.2. The van der Waals surface area contributed by atoms with Gasteiger partial charge in [-0.25, -0.2) is 4.79 Å². The predicted octanol–water partition coefficient (Wildman–Crippen LogP) is 2.49. The number of anilines is 1. The first-order valence-corrected chi connectivity index (χ1v) is 8.52. The third-order valence-electron chi connectivity index (χ3n) is 4.44. The molecule has 1 atom stereocenters. The molecule has 1 N–H and O–H groups in total. The fourth-order valence-corrected chi connectivity index (χ4v) is 2.85. The molecular weight excluding hydrogens is 397 g/mol. The van der Waals surface area contributed by atoms with E-state index < -0.39 is 24.2 Å². The Morgan fingerprint density at radius 3 is 2.59 bits per heavy atom. The maximum absolute atomic E-state index is 12.6. The minimum atomic E-state index is -4.73. The van der Waals surface area contributed by atoms with Gasteiger partial charge in [0.2, 0.25) is 11.7 Å². The summed E-state index contributed by atoms with van der Waals surface area (Å²) >= 11 is 0. The second kappa shape index (κ2) is 8.07. The van der Waals surface area contributed by atoms with E-state index in [9.17, 15) is 27.9 Å². The molecule has 1 saturated heterocycles. The van der Waals surface area contributed by atoms with Crippen LogP contribution in [-0.2, 0) is 15.7 Å². The van der Waals surface area contributed by atoms with Gasteiger partial charge in [0.15, 0.2) is 0 Å². The Labute approximate surface area is 162 Å². The molecule has 12 heteroatoms. The summed E-state index contributed by atoms with van der Waals surface area (Å²) in [4.78, 5) is 29.6. The van der Waals surface area contributed by atoms with Crippen molar-refractivity contribution in [3.63, 3.8) is 0 Å². The molecule has 1 aromatic heterocycles. The fourth-order valence-electron chi connectivity index (χ4n) is 2.85. The largest absolute Gasteiger partial charge is 0.471 e. The predicted molar refractivity (Wildman–Crippen MR) is 92.1 cm³/mol. The van der Waals surface area contributed by atoms with Crippen molar-refractivity contribution >= 4 is 17.7 Å². The van der Waals surface area contributed by atoms with Gasteiger partial charge in [-0.3, -0.25) is 4.79 Å². The Balaban J connectivity index is 1.68. The lowest BCUT2D eigenvalue weighted by Gasteiger charge is -2.33. The monoisotopic (exact) mass is 414 g/mol. The zero-order chi connectivity index (χ0) is 21.2. The second-order valence-electron chi connectivity index (χ2n) is 6.33. The number of benzene rings is 1.